The molecule has 0 saturated carbocycles. The fourth-order valence-corrected chi connectivity index (χ4v) is 9.61. The molecule has 0 spiro atoms. The van der Waals surface area contributed by atoms with E-state index in [0.29, 0.717) is 11.1 Å². The molecule has 6 aromatic carbocycles. The third-order valence-corrected chi connectivity index (χ3v) is 12.5. The van der Waals surface area contributed by atoms with E-state index in [2.05, 4.69) is 0 Å². The fraction of sp³-hybridized carbons (Fsp3) is 0.308. The predicted octanol–water partition coefficient (Wildman–Crippen LogP) is 4.92. The molecular formula is C52H54O16. The lowest BCUT2D eigenvalue weighted by Gasteiger charge is -2.40. The summed E-state index contributed by atoms with van der Waals surface area (Å²) < 4.78 is 26.5. The predicted molar refractivity (Wildman–Crippen MR) is 244 cm³/mol. The molecule has 68 heavy (non-hydrogen) atoms. The van der Waals surface area contributed by atoms with Crippen LogP contribution in [0, 0.1) is 0 Å². The summed E-state index contributed by atoms with van der Waals surface area (Å²) in [5.74, 6) is -15.9. The van der Waals surface area contributed by atoms with Gasteiger partial charge in [-0.3, -0.25) is 0 Å². The van der Waals surface area contributed by atoms with Crippen LogP contribution < -0.4 is 18.9 Å². The number of hydrogen-bond donors (Lipinski definition) is 12. The topological polar surface area (TPSA) is 280 Å². The molecule has 16 heteroatoms. The molecule has 0 unspecified atom stereocenters. The van der Waals surface area contributed by atoms with Gasteiger partial charge in [0.25, 0.3) is 0 Å². The quantitative estimate of drug-likeness (QED) is 0.0947. The molecule has 0 aromatic heterocycles. The molecule has 2 aliphatic rings. The van der Waals surface area contributed by atoms with Gasteiger partial charge in [-0.05, 0) is 90.8 Å². The lowest BCUT2D eigenvalue weighted by Crippen LogP contribution is -2.36. The van der Waals surface area contributed by atoms with E-state index in [9.17, 15) is 61.3 Å². The number of para-hydroxylation sites is 2. The first kappa shape index (κ1) is 48.5. The monoisotopic (exact) mass is 934 g/mol. The van der Waals surface area contributed by atoms with Gasteiger partial charge in [-0.2, -0.15) is 0 Å². The average molecular weight is 935 g/mol. The standard InChI is InChI=1S/C52H54O16/c1-45(2)31-17-9-11-19-33(31)47(5,6)67-43-29(15-13-21-37(43)65-45)39-35(49(53,54)55)25-23-27(41(39)51(59,60)61)28-24-26-36(50(56,57)58)40(42(28)52(62,63)64)30-16-14-22-38-44(30)68-48(7,8)34-20-12-10-18-32(34)46(3,4)66-38/h9-26,53-64H,1-8H3. The van der Waals surface area contributed by atoms with E-state index in [-0.39, 0.29) is 34.1 Å². The van der Waals surface area contributed by atoms with Crippen LogP contribution in [0.25, 0.3) is 33.4 Å². The van der Waals surface area contributed by atoms with Gasteiger partial charge in [-0.15, -0.1) is 0 Å². The molecule has 358 valence electrons. The van der Waals surface area contributed by atoms with Gasteiger partial charge in [0, 0.05) is 55.6 Å². The summed E-state index contributed by atoms with van der Waals surface area (Å²) in [5.41, 5.74) is -8.60. The van der Waals surface area contributed by atoms with Crippen molar-refractivity contribution < 1.29 is 80.2 Å². The molecular weight excluding hydrogens is 881 g/mol. The molecule has 12 N–H and O–H groups in total. The maximum absolute atomic E-state index is 11.5. The summed E-state index contributed by atoms with van der Waals surface area (Å²) in [5, 5.41) is 135. The SMILES string of the molecule is CC1(C)Oc2cccc(-c3c(C(O)(O)O)ccc(-c4ccc(C(O)(O)O)c(-c5cccc6c5OC(C)(C)c5ccccc5C(C)(C)O6)c4C(O)(O)O)c3C(O)(O)O)c2OC(C)(C)c2ccccc21. The maximum atomic E-state index is 11.5. The first-order chi connectivity index (χ1) is 31.3. The van der Waals surface area contributed by atoms with Gasteiger partial charge >= 0.3 is 23.9 Å². The highest BCUT2D eigenvalue weighted by Gasteiger charge is 2.46. The largest absolute Gasteiger partial charge is 0.479 e. The van der Waals surface area contributed by atoms with Crippen LogP contribution >= 0.6 is 0 Å². The first-order valence-electron chi connectivity index (χ1n) is 21.5. The molecule has 8 rings (SSSR count). The third kappa shape index (κ3) is 8.38. The van der Waals surface area contributed by atoms with E-state index in [1.54, 1.807) is 67.5 Å². The van der Waals surface area contributed by atoms with Crippen LogP contribution in [0.1, 0.15) is 99.9 Å². The summed E-state index contributed by atoms with van der Waals surface area (Å²) in [6.45, 7) is 14.2. The van der Waals surface area contributed by atoms with Crippen molar-refractivity contribution in [2.45, 2.75) is 102 Å². The van der Waals surface area contributed by atoms with Crippen molar-refractivity contribution in [3.63, 3.8) is 0 Å². The van der Waals surface area contributed by atoms with Gasteiger partial charge in [-0.25, -0.2) is 0 Å². The average Bonchev–Trinajstić information content (AvgIpc) is 3.21. The zero-order chi connectivity index (χ0) is 49.9. The van der Waals surface area contributed by atoms with Crippen LogP contribution in [0.3, 0.4) is 0 Å². The van der Waals surface area contributed by atoms with Crippen LogP contribution in [0.2, 0.25) is 0 Å². The Morgan fingerprint density at radius 3 is 0.882 bits per heavy atom. The number of ether oxygens (including phenoxy) is 4. The second-order valence-corrected chi connectivity index (χ2v) is 19.2. The van der Waals surface area contributed by atoms with Gasteiger partial charge in [0.05, 0.1) is 11.1 Å². The lowest BCUT2D eigenvalue weighted by atomic mass is 9.80. The van der Waals surface area contributed by atoms with Crippen LogP contribution in [0.15, 0.2) is 109 Å². The zero-order valence-electron chi connectivity index (χ0n) is 38.4. The van der Waals surface area contributed by atoms with Crippen LogP contribution in [0.4, 0.5) is 0 Å². The van der Waals surface area contributed by atoms with Crippen molar-refractivity contribution in [3.8, 4) is 56.4 Å². The Bertz CT molecular complexity index is 2760. The summed E-state index contributed by atoms with van der Waals surface area (Å²) in [6, 6.07) is 26.9. The minimum atomic E-state index is -4.05. The summed E-state index contributed by atoms with van der Waals surface area (Å²) in [6.07, 6.45) is 0. The number of benzene rings is 6. The van der Waals surface area contributed by atoms with Crippen LogP contribution in [-0.2, 0) is 46.3 Å². The normalized spacial score (nSPS) is 17.2. The summed E-state index contributed by atoms with van der Waals surface area (Å²) in [7, 11) is 0. The summed E-state index contributed by atoms with van der Waals surface area (Å²) in [4.78, 5) is 0. The van der Waals surface area contributed by atoms with E-state index in [4.69, 9.17) is 18.9 Å². The van der Waals surface area contributed by atoms with E-state index < -0.39 is 90.8 Å². The minimum Gasteiger partial charge on any atom is -0.479 e. The molecule has 0 bridgehead atoms. The highest BCUT2D eigenvalue weighted by Crippen LogP contribution is 2.55. The number of aliphatic hydroxyl groups is 12. The van der Waals surface area contributed by atoms with Crippen molar-refractivity contribution >= 4 is 0 Å². The lowest BCUT2D eigenvalue weighted by molar-refractivity contribution is -0.329. The van der Waals surface area contributed by atoms with Crippen LogP contribution in [-0.4, -0.2) is 61.3 Å². The van der Waals surface area contributed by atoms with Crippen molar-refractivity contribution in [2.75, 3.05) is 0 Å². The second-order valence-electron chi connectivity index (χ2n) is 19.2. The van der Waals surface area contributed by atoms with E-state index in [1.165, 1.54) is 36.4 Å². The number of fused-ring (bicyclic) bond motifs is 4. The molecule has 2 heterocycles. The van der Waals surface area contributed by atoms with E-state index in [0.717, 1.165) is 35.4 Å². The highest BCUT2D eigenvalue weighted by molar-refractivity contribution is 5.91. The van der Waals surface area contributed by atoms with Crippen molar-refractivity contribution in [3.05, 3.63) is 154 Å². The molecule has 0 aliphatic carbocycles. The smallest absolute Gasteiger partial charge is 0.305 e. The fourth-order valence-electron chi connectivity index (χ4n) is 9.61. The Balaban J connectivity index is 1.48. The molecule has 0 saturated heterocycles. The van der Waals surface area contributed by atoms with Crippen molar-refractivity contribution in [1.29, 1.82) is 0 Å². The molecule has 16 nitrogen and oxygen atoms in total. The van der Waals surface area contributed by atoms with Crippen LogP contribution in [0.5, 0.6) is 23.0 Å². The second kappa shape index (κ2) is 15.8. The molecule has 0 fully saturated rings. The molecule has 0 atom stereocenters. The van der Waals surface area contributed by atoms with Gasteiger partial charge in [0.15, 0.2) is 23.0 Å². The summed E-state index contributed by atoms with van der Waals surface area (Å²) >= 11 is 0. The van der Waals surface area contributed by atoms with Crippen molar-refractivity contribution in [2.24, 2.45) is 0 Å². The minimum absolute atomic E-state index is 0.0466. The van der Waals surface area contributed by atoms with Crippen molar-refractivity contribution in [1.82, 2.24) is 0 Å². The molecule has 6 aromatic rings. The molecule has 2 aliphatic heterocycles. The molecule has 0 radical (unpaired) electrons. The van der Waals surface area contributed by atoms with Gasteiger partial charge in [-0.1, -0.05) is 84.9 Å². The first-order valence-corrected chi connectivity index (χ1v) is 21.5. The highest BCUT2D eigenvalue weighted by atomic mass is 16.7. The Morgan fingerprint density at radius 1 is 0.309 bits per heavy atom. The maximum Gasteiger partial charge on any atom is 0.305 e. The number of hydrogen-bond acceptors (Lipinski definition) is 16. The Labute approximate surface area is 391 Å². The van der Waals surface area contributed by atoms with Gasteiger partial charge in [0.1, 0.15) is 22.4 Å². The van der Waals surface area contributed by atoms with E-state index >= 15 is 0 Å². The Hall–Kier alpha value is -5.96. The Kier molecular flexibility index (Phi) is 11.3. The number of rotatable bonds is 7. The third-order valence-electron chi connectivity index (χ3n) is 12.5. The van der Waals surface area contributed by atoms with Gasteiger partial charge in [0.2, 0.25) is 0 Å². The Morgan fingerprint density at radius 2 is 0.603 bits per heavy atom. The molecule has 0 amide bonds. The zero-order valence-corrected chi connectivity index (χ0v) is 38.4. The van der Waals surface area contributed by atoms with Gasteiger partial charge < -0.3 is 80.2 Å². The van der Waals surface area contributed by atoms with E-state index in [1.807, 2.05) is 36.4 Å².